The molecule has 4 N–H and O–H groups in total. The van der Waals surface area contributed by atoms with Crippen LogP contribution in [0.15, 0.2) is 48.5 Å². The van der Waals surface area contributed by atoms with Gasteiger partial charge in [0.15, 0.2) is 0 Å². The van der Waals surface area contributed by atoms with Crippen molar-refractivity contribution < 1.29 is 0 Å². The first-order valence-electron chi connectivity index (χ1n) is 6.93. The van der Waals surface area contributed by atoms with Gasteiger partial charge in [0.2, 0.25) is 0 Å². The van der Waals surface area contributed by atoms with Gasteiger partial charge in [0.1, 0.15) is 0 Å². The van der Waals surface area contributed by atoms with Crippen molar-refractivity contribution in [1.29, 1.82) is 0 Å². The molecule has 0 saturated heterocycles. The molecular formula is C17H20N2. The van der Waals surface area contributed by atoms with E-state index in [1.807, 2.05) is 18.2 Å². The summed E-state index contributed by atoms with van der Waals surface area (Å²) in [5.41, 5.74) is 16.3. The molecule has 0 unspecified atom stereocenters. The van der Waals surface area contributed by atoms with Gasteiger partial charge in [-0.25, -0.2) is 0 Å². The van der Waals surface area contributed by atoms with Crippen LogP contribution in [-0.4, -0.2) is 0 Å². The molecule has 2 aromatic carbocycles. The van der Waals surface area contributed by atoms with Crippen LogP contribution in [0.5, 0.6) is 0 Å². The molecule has 1 saturated carbocycles. The Hall–Kier alpha value is -1.96. The van der Waals surface area contributed by atoms with E-state index in [2.05, 4.69) is 30.3 Å². The van der Waals surface area contributed by atoms with E-state index in [-0.39, 0.29) is 5.41 Å². The summed E-state index contributed by atoms with van der Waals surface area (Å²) in [6, 6.07) is 16.7. The zero-order chi connectivity index (χ0) is 13.3. The van der Waals surface area contributed by atoms with Gasteiger partial charge in [-0.05, 0) is 48.2 Å². The fourth-order valence-corrected chi connectivity index (χ4v) is 3.36. The van der Waals surface area contributed by atoms with Gasteiger partial charge < -0.3 is 11.5 Å². The van der Waals surface area contributed by atoms with Crippen LogP contribution in [0.1, 0.15) is 36.8 Å². The lowest BCUT2D eigenvalue weighted by molar-refractivity contribution is 0.535. The number of benzene rings is 2. The largest absolute Gasteiger partial charge is 0.399 e. The Morgan fingerprint density at radius 1 is 0.737 bits per heavy atom. The molecule has 98 valence electrons. The van der Waals surface area contributed by atoms with Gasteiger partial charge in [0, 0.05) is 16.8 Å². The predicted molar refractivity (Wildman–Crippen MR) is 81.0 cm³/mol. The van der Waals surface area contributed by atoms with Crippen molar-refractivity contribution in [3.63, 3.8) is 0 Å². The van der Waals surface area contributed by atoms with Gasteiger partial charge in [-0.15, -0.1) is 0 Å². The molecule has 0 radical (unpaired) electrons. The second-order valence-electron chi connectivity index (χ2n) is 5.54. The summed E-state index contributed by atoms with van der Waals surface area (Å²) < 4.78 is 0. The highest BCUT2D eigenvalue weighted by Crippen LogP contribution is 2.46. The topological polar surface area (TPSA) is 52.0 Å². The van der Waals surface area contributed by atoms with Crippen LogP contribution in [0.3, 0.4) is 0 Å². The molecule has 0 atom stereocenters. The smallest absolute Gasteiger partial charge is 0.0317 e. The van der Waals surface area contributed by atoms with Gasteiger partial charge in [-0.2, -0.15) is 0 Å². The Labute approximate surface area is 114 Å². The molecule has 3 rings (SSSR count). The molecule has 0 spiro atoms. The number of nitrogens with two attached hydrogens (primary N) is 2. The number of anilines is 2. The second-order valence-corrected chi connectivity index (χ2v) is 5.54. The summed E-state index contributed by atoms with van der Waals surface area (Å²) in [5.74, 6) is 0. The van der Waals surface area contributed by atoms with Crippen LogP contribution >= 0.6 is 0 Å². The van der Waals surface area contributed by atoms with Crippen LogP contribution < -0.4 is 11.5 Å². The first-order valence-corrected chi connectivity index (χ1v) is 6.93. The number of nitrogen functional groups attached to an aromatic ring is 2. The van der Waals surface area contributed by atoms with Gasteiger partial charge in [-0.1, -0.05) is 37.1 Å². The standard InChI is InChI=1S/C17H20N2/c18-15-8-6-13(7-9-15)17(10-1-2-11-17)14-4-3-5-16(19)12-14/h3-9,12H,1-2,10-11,18-19H2. The van der Waals surface area contributed by atoms with E-state index in [0.29, 0.717) is 0 Å². The third kappa shape index (κ3) is 2.07. The van der Waals surface area contributed by atoms with Crippen molar-refractivity contribution in [1.82, 2.24) is 0 Å². The van der Waals surface area contributed by atoms with E-state index in [9.17, 15) is 0 Å². The van der Waals surface area contributed by atoms with Crippen LogP contribution in [0, 0.1) is 0 Å². The minimum absolute atomic E-state index is 0.128. The van der Waals surface area contributed by atoms with Crippen molar-refractivity contribution in [3.05, 3.63) is 59.7 Å². The van der Waals surface area contributed by atoms with E-state index < -0.39 is 0 Å². The lowest BCUT2D eigenvalue weighted by Crippen LogP contribution is -2.23. The molecule has 0 heterocycles. The van der Waals surface area contributed by atoms with Crippen LogP contribution in [0.4, 0.5) is 11.4 Å². The highest BCUT2D eigenvalue weighted by molar-refractivity contribution is 5.50. The van der Waals surface area contributed by atoms with Crippen molar-refractivity contribution >= 4 is 11.4 Å². The first-order chi connectivity index (χ1) is 9.21. The Bertz CT molecular complexity index is 566. The molecule has 2 heteroatoms. The minimum atomic E-state index is 0.128. The maximum atomic E-state index is 5.97. The summed E-state index contributed by atoms with van der Waals surface area (Å²) in [6.07, 6.45) is 4.94. The molecule has 0 aliphatic heterocycles. The van der Waals surface area contributed by atoms with Crippen LogP contribution in [-0.2, 0) is 5.41 Å². The average Bonchev–Trinajstić information content (AvgIpc) is 2.90. The maximum absolute atomic E-state index is 5.97. The van der Waals surface area contributed by atoms with E-state index in [0.717, 1.165) is 11.4 Å². The molecule has 1 aliphatic rings. The quantitative estimate of drug-likeness (QED) is 0.800. The molecule has 0 bridgehead atoms. The molecule has 1 fully saturated rings. The number of hydrogen-bond acceptors (Lipinski definition) is 2. The zero-order valence-corrected chi connectivity index (χ0v) is 11.1. The summed E-state index contributed by atoms with van der Waals surface area (Å²) in [5, 5.41) is 0. The average molecular weight is 252 g/mol. The Morgan fingerprint density at radius 2 is 1.42 bits per heavy atom. The van der Waals surface area contributed by atoms with E-state index in [1.54, 1.807) is 0 Å². The Kier molecular flexibility index (Phi) is 2.94. The molecule has 1 aliphatic carbocycles. The van der Waals surface area contributed by atoms with Gasteiger partial charge in [-0.3, -0.25) is 0 Å². The van der Waals surface area contributed by atoms with Crippen LogP contribution in [0.2, 0.25) is 0 Å². The highest BCUT2D eigenvalue weighted by atomic mass is 14.6. The van der Waals surface area contributed by atoms with E-state index in [4.69, 9.17) is 11.5 Å². The highest BCUT2D eigenvalue weighted by Gasteiger charge is 2.37. The lowest BCUT2D eigenvalue weighted by atomic mass is 9.73. The van der Waals surface area contributed by atoms with Gasteiger partial charge >= 0.3 is 0 Å². The molecule has 19 heavy (non-hydrogen) atoms. The van der Waals surface area contributed by atoms with Gasteiger partial charge in [0.05, 0.1) is 0 Å². The summed E-state index contributed by atoms with van der Waals surface area (Å²) in [6.45, 7) is 0. The van der Waals surface area contributed by atoms with Crippen molar-refractivity contribution in [2.24, 2.45) is 0 Å². The van der Waals surface area contributed by atoms with Crippen molar-refractivity contribution in [3.8, 4) is 0 Å². The predicted octanol–water partition coefficient (Wildman–Crippen LogP) is 3.71. The minimum Gasteiger partial charge on any atom is -0.399 e. The Morgan fingerprint density at radius 3 is 2.05 bits per heavy atom. The third-order valence-electron chi connectivity index (χ3n) is 4.36. The molecule has 2 aromatic rings. The monoisotopic (exact) mass is 252 g/mol. The number of rotatable bonds is 2. The SMILES string of the molecule is Nc1ccc(C2(c3cccc(N)c3)CCCC2)cc1. The maximum Gasteiger partial charge on any atom is 0.0317 e. The van der Waals surface area contributed by atoms with E-state index >= 15 is 0 Å². The second kappa shape index (κ2) is 4.61. The summed E-state index contributed by atoms with van der Waals surface area (Å²) >= 11 is 0. The summed E-state index contributed by atoms with van der Waals surface area (Å²) in [7, 11) is 0. The summed E-state index contributed by atoms with van der Waals surface area (Å²) in [4.78, 5) is 0. The molecule has 2 nitrogen and oxygen atoms in total. The normalized spacial score (nSPS) is 17.5. The molecular weight excluding hydrogens is 232 g/mol. The Balaban J connectivity index is 2.11. The fourth-order valence-electron chi connectivity index (χ4n) is 3.36. The van der Waals surface area contributed by atoms with Crippen LogP contribution in [0.25, 0.3) is 0 Å². The first kappa shape index (κ1) is 12.1. The van der Waals surface area contributed by atoms with E-state index in [1.165, 1.54) is 36.8 Å². The molecule has 0 aromatic heterocycles. The number of hydrogen-bond donors (Lipinski definition) is 2. The van der Waals surface area contributed by atoms with Gasteiger partial charge in [0.25, 0.3) is 0 Å². The van der Waals surface area contributed by atoms with Crippen molar-refractivity contribution in [2.75, 3.05) is 11.5 Å². The van der Waals surface area contributed by atoms with Crippen molar-refractivity contribution in [2.45, 2.75) is 31.1 Å². The fraction of sp³-hybridized carbons (Fsp3) is 0.294. The third-order valence-corrected chi connectivity index (χ3v) is 4.36. The lowest BCUT2D eigenvalue weighted by Gasteiger charge is -2.31. The zero-order valence-electron chi connectivity index (χ0n) is 11.1. The molecule has 0 amide bonds.